The van der Waals surface area contributed by atoms with Gasteiger partial charge < -0.3 is 5.09 Å². The van der Waals surface area contributed by atoms with Crippen LogP contribution >= 0.6 is 42.0 Å². The number of amidine groups is 1. The number of aryl methyl sites for hydroxylation is 2. The van der Waals surface area contributed by atoms with Gasteiger partial charge in [0.15, 0.2) is 5.84 Å². The van der Waals surface area contributed by atoms with Gasteiger partial charge in [-0.1, -0.05) is 113 Å². The molecule has 8 heteroatoms. The van der Waals surface area contributed by atoms with Gasteiger partial charge >= 0.3 is 0 Å². The van der Waals surface area contributed by atoms with Gasteiger partial charge in [0.05, 0.1) is 11.4 Å². The van der Waals surface area contributed by atoms with E-state index < -0.39 is 11.0 Å². The Bertz CT molecular complexity index is 1310. The second-order valence-corrected chi connectivity index (χ2v) is 12.6. The highest BCUT2D eigenvalue weighted by atomic mass is 35.6. The lowest BCUT2D eigenvalue weighted by atomic mass is 10.1. The van der Waals surface area contributed by atoms with Crippen LogP contribution in [0.2, 0.25) is 0 Å². The molecule has 166 valence electrons. The number of hydrogen-bond acceptors (Lipinski definition) is 3. The van der Waals surface area contributed by atoms with Crippen molar-refractivity contribution in [1.29, 1.82) is 5.26 Å². The normalized spacial score (nSPS) is 16.7. The minimum absolute atomic E-state index is 0.109. The van der Waals surface area contributed by atoms with Crippen LogP contribution in [0, 0.1) is 25.2 Å². The Balaban J connectivity index is 2.10. The number of rotatable bonds is 3. The Kier molecular flexibility index (Phi) is 6.71. The van der Waals surface area contributed by atoms with Crippen molar-refractivity contribution in [3.05, 3.63) is 101 Å². The molecule has 0 radical (unpaired) electrons. The smallest absolute Gasteiger partial charge is 0.231 e. The Morgan fingerprint density at radius 2 is 1.48 bits per heavy atom. The van der Waals surface area contributed by atoms with Crippen molar-refractivity contribution in [3.8, 4) is 6.07 Å². The second kappa shape index (κ2) is 9.37. The highest BCUT2D eigenvalue weighted by Gasteiger charge is 2.40. The predicted molar refractivity (Wildman–Crippen MR) is 141 cm³/mol. The van der Waals surface area contributed by atoms with Crippen LogP contribution in [0.4, 0.5) is 5.69 Å². The van der Waals surface area contributed by atoms with E-state index >= 15 is 0 Å². The Labute approximate surface area is 208 Å². The average Bonchev–Trinajstić information content (AvgIpc) is 2.81. The van der Waals surface area contributed by atoms with Gasteiger partial charge in [-0.25, -0.2) is 9.74 Å². The Morgan fingerprint density at radius 3 is 1.97 bits per heavy atom. The fourth-order valence-electron chi connectivity index (χ4n) is 3.66. The highest BCUT2D eigenvalue weighted by Crippen LogP contribution is 2.51. The zero-order valence-corrected chi connectivity index (χ0v) is 21.1. The van der Waals surface area contributed by atoms with Gasteiger partial charge in [0.25, 0.3) is 0 Å². The van der Waals surface area contributed by atoms with E-state index in [1.807, 2.05) is 92.7 Å². The molecule has 0 fully saturated rings. The van der Waals surface area contributed by atoms with Gasteiger partial charge in [-0.3, -0.25) is 0 Å². The fraction of sp³-hybridized carbons (Fsp3) is 0.120. The largest absolute Gasteiger partial charge is 0.344 e. The van der Waals surface area contributed by atoms with E-state index in [1.54, 1.807) is 0 Å². The van der Waals surface area contributed by atoms with Gasteiger partial charge in [-0.15, -0.1) is 0 Å². The van der Waals surface area contributed by atoms with Crippen molar-refractivity contribution in [2.45, 2.75) is 17.6 Å². The number of nitrogens with one attached hydrogen (secondary N) is 1. The third kappa shape index (κ3) is 4.74. The number of aliphatic imine (C=N–C) groups is 1. The Morgan fingerprint density at radius 1 is 0.909 bits per heavy atom. The zero-order chi connectivity index (χ0) is 23.6. The maximum absolute atomic E-state index is 10.0. The van der Waals surface area contributed by atoms with Crippen LogP contribution < -0.4 is 15.7 Å². The van der Waals surface area contributed by atoms with Crippen molar-refractivity contribution in [1.82, 2.24) is 5.09 Å². The minimum Gasteiger partial charge on any atom is -0.344 e. The summed E-state index contributed by atoms with van der Waals surface area (Å²) in [4.78, 5) is 4.80. The molecule has 0 unspecified atom stereocenters. The van der Waals surface area contributed by atoms with Crippen molar-refractivity contribution in [2.24, 2.45) is 9.74 Å². The molecule has 1 heterocycles. The number of halogens is 3. The molecule has 0 spiro atoms. The number of hydrogen-bond donors (Lipinski definition) is 1. The van der Waals surface area contributed by atoms with Gasteiger partial charge in [-0.05, 0) is 25.5 Å². The van der Waals surface area contributed by atoms with E-state index in [0.717, 1.165) is 21.7 Å². The average molecular weight is 514 g/mol. The molecule has 1 aliphatic rings. The molecular weight excluding hydrogens is 494 g/mol. The molecule has 1 aliphatic heterocycles. The molecule has 0 aromatic heterocycles. The molecular formula is C25H20Cl3N4P. The maximum Gasteiger partial charge on any atom is 0.231 e. The fourth-order valence-corrected chi connectivity index (χ4v) is 7.36. The van der Waals surface area contributed by atoms with E-state index in [4.69, 9.17) is 44.5 Å². The third-order valence-corrected chi connectivity index (χ3v) is 8.92. The highest BCUT2D eigenvalue weighted by molar-refractivity contribution is 7.79. The summed E-state index contributed by atoms with van der Waals surface area (Å²) < 4.78 is 3.25. The lowest BCUT2D eigenvalue weighted by molar-refractivity contribution is 1.07. The molecule has 0 amide bonds. The summed E-state index contributed by atoms with van der Waals surface area (Å²) >= 11 is 19.2. The Hall–Kier alpha value is -2.54. The van der Waals surface area contributed by atoms with Crippen molar-refractivity contribution in [3.63, 3.8) is 0 Å². The van der Waals surface area contributed by atoms with Crippen LogP contribution in [0.3, 0.4) is 0 Å². The predicted octanol–water partition coefficient (Wildman–Crippen LogP) is 6.85. The van der Waals surface area contributed by atoms with E-state index in [-0.39, 0.29) is 17.1 Å². The molecule has 3 aromatic carbocycles. The molecule has 0 saturated carbocycles. The molecule has 33 heavy (non-hydrogen) atoms. The summed E-state index contributed by atoms with van der Waals surface area (Å²) in [5.74, 6) is 0.241. The van der Waals surface area contributed by atoms with Gasteiger partial charge in [0.2, 0.25) is 3.79 Å². The standard InChI is InChI=1S/C25H20Cl3N4P/c1-17-13-14-22(18(2)15-17)30-24-21(16-29)23(25(26,27)28)31-33(32-24,19-9-5-3-6-10-19)20-11-7-4-8-12-20/h3-15H,1-2H3,(H,30,31). The minimum atomic E-state index is -2.73. The van der Waals surface area contributed by atoms with E-state index in [1.165, 1.54) is 0 Å². The molecule has 4 nitrogen and oxygen atoms in total. The molecule has 0 saturated heterocycles. The molecule has 4 rings (SSSR count). The quantitative estimate of drug-likeness (QED) is 0.307. The molecule has 3 aromatic rings. The monoisotopic (exact) mass is 512 g/mol. The SMILES string of the molecule is Cc1ccc(N=C2N=P(c3ccccc3)(c3ccccc3)NC(C(Cl)(Cl)Cl)=C2C#N)c(C)c1. The summed E-state index contributed by atoms with van der Waals surface area (Å²) in [6.07, 6.45) is 0. The van der Waals surface area contributed by atoms with E-state index in [9.17, 15) is 5.26 Å². The van der Waals surface area contributed by atoms with Crippen LogP contribution in [0.1, 0.15) is 11.1 Å². The molecule has 0 atom stereocenters. The first-order valence-electron chi connectivity index (χ1n) is 10.1. The molecule has 0 aliphatic carbocycles. The second-order valence-electron chi connectivity index (χ2n) is 7.60. The number of allylic oxidation sites excluding steroid dienone is 1. The maximum atomic E-state index is 10.0. The van der Waals surface area contributed by atoms with Gasteiger partial charge in [0, 0.05) is 10.6 Å². The first kappa shape index (κ1) is 23.6. The number of alkyl halides is 3. The first-order valence-corrected chi connectivity index (χ1v) is 13.0. The van der Waals surface area contributed by atoms with Gasteiger partial charge in [0.1, 0.15) is 18.8 Å². The lowest BCUT2D eigenvalue weighted by Crippen LogP contribution is -2.36. The number of nitrogens with zero attached hydrogens (tertiary/aromatic N) is 3. The number of nitriles is 1. The summed E-state index contributed by atoms with van der Waals surface area (Å²) in [6.45, 7) is 3.98. The van der Waals surface area contributed by atoms with E-state index in [2.05, 4.69) is 11.2 Å². The summed E-state index contributed by atoms with van der Waals surface area (Å²) in [7, 11) is -2.73. The van der Waals surface area contributed by atoms with Crippen LogP contribution in [0.25, 0.3) is 0 Å². The van der Waals surface area contributed by atoms with E-state index in [0.29, 0.717) is 5.69 Å². The van der Waals surface area contributed by atoms with Crippen molar-refractivity contribution in [2.75, 3.05) is 0 Å². The molecule has 0 bridgehead atoms. The topological polar surface area (TPSA) is 60.5 Å². The van der Waals surface area contributed by atoms with Gasteiger partial charge in [-0.2, -0.15) is 5.26 Å². The summed E-state index contributed by atoms with van der Waals surface area (Å²) in [5, 5.41) is 15.3. The zero-order valence-electron chi connectivity index (χ0n) is 17.9. The lowest BCUT2D eigenvalue weighted by Gasteiger charge is -2.35. The summed E-state index contributed by atoms with van der Waals surface area (Å²) in [5.41, 5.74) is 3.07. The van der Waals surface area contributed by atoms with Crippen LogP contribution in [0.5, 0.6) is 0 Å². The van der Waals surface area contributed by atoms with Crippen molar-refractivity contribution < 1.29 is 0 Å². The van der Waals surface area contributed by atoms with Crippen LogP contribution in [-0.4, -0.2) is 9.63 Å². The van der Waals surface area contributed by atoms with Crippen molar-refractivity contribution >= 4 is 64.1 Å². The first-order chi connectivity index (χ1) is 15.7. The van der Waals surface area contributed by atoms with Crippen LogP contribution in [-0.2, 0) is 0 Å². The summed E-state index contributed by atoms with van der Waals surface area (Å²) in [6, 6.07) is 27.6. The van der Waals surface area contributed by atoms with Crippen LogP contribution in [0.15, 0.2) is 99.9 Å². The third-order valence-electron chi connectivity index (χ3n) is 5.23. The number of benzene rings is 3. The molecule has 1 N–H and O–H groups in total.